The summed E-state index contributed by atoms with van der Waals surface area (Å²) < 4.78 is 11.1. The highest BCUT2D eigenvalue weighted by molar-refractivity contribution is 5.68. The Hall–Kier alpha value is -1.98. The second-order valence-corrected chi connectivity index (χ2v) is 6.64. The van der Waals surface area contributed by atoms with E-state index in [2.05, 4.69) is 10.3 Å². The van der Waals surface area contributed by atoms with Crippen molar-refractivity contribution in [3.63, 3.8) is 0 Å². The van der Waals surface area contributed by atoms with Crippen molar-refractivity contribution in [1.82, 2.24) is 10.3 Å². The van der Waals surface area contributed by atoms with E-state index in [1.165, 1.54) is 0 Å². The van der Waals surface area contributed by atoms with Crippen molar-refractivity contribution in [2.45, 2.75) is 64.2 Å². The molecule has 22 heavy (non-hydrogen) atoms. The van der Waals surface area contributed by atoms with Crippen molar-refractivity contribution in [3.8, 4) is 5.88 Å². The van der Waals surface area contributed by atoms with Crippen LogP contribution in [0.3, 0.4) is 0 Å². The Morgan fingerprint density at radius 3 is 2.59 bits per heavy atom. The molecule has 0 bridgehead atoms. The fourth-order valence-electron chi connectivity index (χ4n) is 2.46. The minimum atomic E-state index is -0.471. The molecule has 1 amide bonds. The molecule has 3 N–H and O–H groups in total. The monoisotopic (exact) mass is 307 g/mol. The summed E-state index contributed by atoms with van der Waals surface area (Å²) in [4.78, 5) is 15.9. The van der Waals surface area contributed by atoms with E-state index in [9.17, 15) is 4.79 Å². The fourth-order valence-corrected chi connectivity index (χ4v) is 2.46. The molecule has 0 radical (unpaired) electrons. The summed E-state index contributed by atoms with van der Waals surface area (Å²) in [5, 5.41) is 2.91. The summed E-state index contributed by atoms with van der Waals surface area (Å²) in [6, 6.07) is 3.69. The van der Waals surface area contributed by atoms with Gasteiger partial charge in [0, 0.05) is 12.2 Å². The van der Waals surface area contributed by atoms with Crippen LogP contribution in [-0.2, 0) is 4.74 Å². The van der Waals surface area contributed by atoms with Crippen LogP contribution >= 0.6 is 0 Å². The molecular formula is C16H25N3O3. The van der Waals surface area contributed by atoms with Gasteiger partial charge in [-0.05, 0) is 58.6 Å². The van der Waals surface area contributed by atoms with Gasteiger partial charge in [0.2, 0.25) is 5.88 Å². The number of amides is 1. The van der Waals surface area contributed by atoms with E-state index < -0.39 is 5.60 Å². The molecule has 0 unspecified atom stereocenters. The summed E-state index contributed by atoms with van der Waals surface area (Å²) >= 11 is 0. The Balaban J connectivity index is 1.76. The van der Waals surface area contributed by atoms with Crippen LogP contribution in [-0.4, -0.2) is 28.8 Å². The molecule has 1 aliphatic rings. The number of carbonyl (C=O) groups is 1. The SMILES string of the molecule is CC(C)(C)OC(=O)NC1CCC(Oc2ncccc2N)CC1. The molecule has 122 valence electrons. The first-order valence-electron chi connectivity index (χ1n) is 7.70. The molecule has 0 aliphatic heterocycles. The predicted molar refractivity (Wildman–Crippen MR) is 84.7 cm³/mol. The number of aromatic nitrogens is 1. The van der Waals surface area contributed by atoms with Crippen molar-refractivity contribution < 1.29 is 14.3 Å². The molecule has 1 aliphatic carbocycles. The molecule has 0 aromatic carbocycles. The third-order valence-electron chi connectivity index (χ3n) is 3.47. The van der Waals surface area contributed by atoms with Gasteiger partial charge < -0.3 is 20.5 Å². The zero-order chi connectivity index (χ0) is 16.2. The van der Waals surface area contributed by atoms with Crippen LogP contribution in [0.4, 0.5) is 10.5 Å². The second kappa shape index (κ2) is 6.85. The maximum absolute atomic E-state index is 11.8. The molecule has 0 spiro atoms. The zero-order valence-electron chi connectivity index (χ0n) is 13.5. The lowest BCUT2D eigenvalue weighted by atomic mass is 9.93. The van der Waals surface area contributed by atoms with Gasteiger partial charge in [0.25, 0.3) is 0 Å². The van der Waals surface area contributed by atoms with Gasteiger partial charge in [-0.15, -0.1) is 0 Å². The number of nitrogens with zero attached hydrogens (tertiary/aromatic N) is 1. The molecule has 6 heteroatoms. The number of nitrogens with two attached hydrogens (primary N) is 1. The van der Waals surface area contributed by atoms with Crippen molar-refractivity contribution >= 4 is 11.8 Å². The van der Waals surface area contributed by atoms with E-state index in [-0.39, 0.29) is 18.2 Å². The number of nitrogens with one attached hydrogen (secondary N) is 1. The smallest absolute Gasteiger partial charge is 0.407 e. The average Bonchev–Trinajstić information content (AvgIpc) is 2.41. The van der Waals surface area contributed by atoms with Crippen LogP contribution in [0.25, 0.3) is 0 Å². The number of pyridine rings is 1. The summed E-state index contributed by atoms with van der Waals surface area (Å²) in [7, 11) is 0. The molecule has 1 saturated carbocycles. The number of hydrogen-bond acceptors (Lipinski definition) is 5. The molecular weight excluding hydrogens is 282 g/mol. The maximum Gasteiger partial charge on any atom is 0.407 e. The Morgan fingerprint density at radius 2 is 2.00 bits per heavy atom. The van der Waals surface area contributed by atoms with Crippen molar-refractivity contribution in [3.05, 3.63) is 18.3 Å². The Kier molecular flexibility index (Phi) is 5.11. The van der Waals surface area contributed by atoms with Crippen LogP contribution in [0.5, 0.6) is 5.88 Å². The average molecular weight is 307 g/mol. The van der Waals surface area contributed by atoms with E-state index in [0.717, 1.165) is 25.7 Å². The van der Waals surface area contributed by atoms with Gasteiger partial charge in [0.05, 0.1) is 5.69 Å². The maximum atomic E-state index is 11.8. The molecule has 1 heterocycles. The van der Waals surface area contributed by atoms with E-state index in [1.807, 2.05) is 20.8 Å². The van der Waals surface area contributed by atoms with Gasteiger partial charge in [-0.1, -0.05) is 0 Å². The predicted octanol–water partition coefficient (Wildman–Crippen LogP) is 2.88. The van der Waals surface area contributed by atoms with Gasteiger partial charge in [0.1, 0.15) is 11.7 Å². The Bertz CT molecular complexity index is 506. The number of nitrogen functional groups attached to an aromatic ring is 1. The number of hydrogen-bond donors (Lipinski definition) is 2. The summed E-state index contributed by atoms with van der Waals surface area (Å²) in [6.45, 7) is 5.57. The number of carbonyl (C=O) groups excluding carboxylic acids is 1. The first-order chi connectivity index (χ1) is 10.3. The van der Waals surface area contributed by atoms with Crippen LogP contribution in [0.15, 0.2) is 18.3 Å². The molecule has 2 rings (SSSR count). The minimum absolute atomic E-state index is 0.0916. The number of alkyl carbamates (subject to hydrolysis) is 1. The van der Waals surface area contributed by atoms with E-state index in [4.69, 9.17) is 15.2 Å². The standard InChI is InChI=1S/C16H25N3O3/c1-16(2,3)22-15(20)19-11-6-8-12(9-7-11)21-14-13(17)5-4-10-18-14/h4-5,10-12H,6-9,17H2,1-3H3,(H,19,20). The quantitative estimate of drug-likeness (QED) is 0.896. The molecule has 0 saturated heterocycles. The van der Waals surface area contributed by atoms with E-state index >= 15 is 0 Å². The van der Waals surface area contributed by atoms with Crippen LogP contribution in [0.1, 0.15) is 46.5 Å². The number of anilines is 1. The number of rotatable bonds is 3. The zero-order valence-corrected chi connectivity index (χ0v) is 13.5. The molecule has 1 aromatic heterocycles. The van der Waals surface area contributed by atoms with Crippen LogP contribution in [0, 0.1) is 0 Å². The van der Waals surface area contributed by atoms with Crippen molar-refractivity contribution in [1.29, 1.82) is 0 Å². The highest BCUT2D eigenvalue weighted by atomic mass is 16.6. The van der Waals surface area contributed by atoms with Crippen molar-refractivity contribution in [2.24, 2.45) is 0 Å². The minimum Gasteiger partial charge on any atom is -0.473 e. The number of ether oxygens (including phenoxy) is 2. The summed E-state index contributed by atoms with van der Waals surface area (Å²) in [6.07, 6.45) is 4.83. The normalized spacial score (nSPS) is 22.0. The fraction of sp³-hybridized carbons (Fsp3) is 0.625. The molecule has 1 fully saturated rings. The van der Waals surface area contributed by atoms with Gasteiger partial charge in [-0.25, -0.2) is 9.78 Å². The lowest BCUT2D eigenvalue weighted by Crippen LogP contribution is -2.42. The van der Waals surface area contributed by atoms with Gasteiger partial charge in [-0.3, -0.25) is 0 Å². The van der Waals surface area contributed by atoms with E-state index in [0.29, 0.717) is 11.6 Å². The first kappa shape index (κ1) is 16.4. The lowest BCUT2D eigenvalue weighted by Gasteiger charge is -2.30. The third kappa shape index (κ3) is 5.09. The van der Waals surface area contributed by atoms with Gasteiger partial charge >= 0.3 is 6.09 Å². The second-order valence-electron chi connectivity index (χ2n) is 6.64. The first-order valence-corrected chi connectivity index (χ1v) is 7.70. The highest BCUT2D eigenvalue weighted by Gasteiger charge is 2.26. The highest BCUT2D eigenvalue weighted by Crippen LogP contribution is 2.25. The molecule has 6 nitrogen and oxygen atoms in total. The summed E-state index contributed by atoms with van der Waals surface area (Å²) in [5.74, 6) is 0.492. The van der Waals surface area contributed by atoms with Crippen LogP contribution < -0.4 is 15.8 Å². The Morgan fingerprint density at radius 1 is 1.32 bits per heavy atom. The van der Waals surface area contributed by atoms with Gasteiger partial charge in [0.15, 0.2) is 0 Å². The topological polar surface area (TPSA) is 86.5 Å². The van der Waals surface area contributed by atoms with Crippen molar-refractivity contribution in [2.75, 3.05) is 5.73 Å². The van der Waals surface area contributed by atoms with E-state index in [1.54, 1.807) is 18.3 Å². The Labute approximate surface area is 131 Å². The lowest BCUT2D eigenvalue weighted by molar-refractivity contribution is 0.0470. The molecule has 1 aromatic rings. The third-order valence-corrected chi connectivity index (χ3v) is 3.47. The van der Waals surface area contributed by atoms with Gasteiger partial charge in [-0.2, -0.15) is 0 Å². The summed E-state index contributed by atoms with van der Waals surface area (Å²) in [5.41, 5.74) is 5.91. The van der Waals surface area contributed by atoms with Crippen LogP contribution in [0.2, 0.25) is 0 Å². The largest absolute Gasteiger partial charge is 0.473 e. The molecule has 0 atom stereocenters.